The summed E-state index contributed by atoms with van der Waals surface area (Å²) in [5.74, 6) is 1.71. The van der Waals surface area contributed by atoms with Gasteiger partial charge < -0.3 is 23.4 Å². The number of benzene rings is 1. The van der Waals surface area contributed by atoms with E-state index in [1.165, 1.54) is 29.6 Å². The summed E-state index contributed by atoms with van der Waals surface area (Å²) in [7, 11) is 4.69. The average Bonchev–Trinajstić information content (AvgIpc) is 3.62. The molecule has 0 radical (unpaired) electrons. The van der Waals surface area contributed by atoms with Crippen molar-refractivity contribution in [2.24, 2.45) is 0 Å². The molecule has 12 heteroatoms. The molecule has 5 rings (SSSR count). The summed E-state index contributed by atoms with van der Waals surface area (Å²) in [5, 5.41) is 7.79. The lowest BCUT2D eigenvalue weighted by Crippen LogP contribution is -2.17. The van der Waals surface area contributed by atoms with Gasteiger partial charge in [0.1, 0.15) is 34.4 Å². The molecule has 5 aromatic rings. The van der Waals surface area contributed by atoms with Crippen LogP contribution in [0.15, 0.2) is 34.2 Å². The highest BCUT2D eigenvalue weighted by Gasteiger charge is 2.29. The topological polar surface area (TPSA) is 93.1 Å². The van der Waals surface area contributed by atoms with E-state index < -0.39 is 5.67 Å². The summed E-state index contributed by atoms with van der Waals surface area (Å²) in [6.07, 6.45) is 2.01. The van der Waals surface area contributed by atoms with Crippen molar-refractivity contribution in [3.8, 4) is 28.1 Å². The average molecular weight is 519 g/mol. The van der Waals surface area contributed by atoms with Gasteiger partial charge in [-0.25, -0.2) is 18.9 Å². The van der Waals surface area contributed by atoms with Crippen LogP contribution in [-0.4, -0.2) is 47.5 Å². The molecule has 1 aromatic carbocycles. The van der Waals surface area contributed by atoms with Gasteiger partial charge in [0.05, 0.1) is 31.5 Å². The standard InChI is InChI=1S/C23H23FN4O5S2/c1-23(24,5-6-29-2)20-25-13(12-34-20)11-32-17-7-14(30-3)8-18-15(17)9-19(33-18)16-10-28-21(26-16)35-22(27-28)31-4/h7-10,12H,5-6,11H2,1-4H3. The van der Waals surface area contributed by atoms with Crippen molar-refractivity contribution < 1.29 is 27.8 Å². The number of alkyl halides is 1. The normalized spacial score (nSPS) is 13.4. The van der Waals surface area contributed by atoms with Crippen LogP contribution in [0.1, 0.15) is 24.0 Å². The molecule has 0 aliphatic heterocycles. The van der Waals surface area contributed by atoms with Crippen LogP contribution in [0, 0.1) is 0 Å². The minimum absolute atomic E-state index is 0.170. The van der Waals surface area contributed by atoms with E-state index in [0.29, 0.717) is 56.0 Å². The van der Waals surface area contributed by atoms with Gasteiger partial charge in [-0.3, -0.25) is 0 Å². The Morgan fingerprint density at radius 3 is 2.74 bits per heavy atom. The number of furan rings is 1. The van der Waals surface area contributed by atoms with Crippen LogP contribution in [0.25, 0.3) is 27.4 Å². The van der Waals surface area contributed by atoms with Crippen LogP contribution in [-0.2, 0) is 17.0 Å². The maximum atomic E-state index is 14.9. The molecule has 0 N–H and O–H groups in total. The fourth-order valence-corrected chi connectivity index (χ4v) is 5.08. The Hall–Kier alpha value is -3.22. The molecule has 0 saturated heterocycles. The number of hydrogen-bond donors (Lipinski definition) is 0. The molecule has 9 nitrogen and oxygen atoms in total. The maximum Gasteiger partial charge on any atom is 0.294 e. The largest absolute Gasteiger partial charge is 0.496 e. The van der Waals surface area contributed by atoms with Gasteiger partial charge in [-0.1, -0.05) is 0 Å². The molecule has 4 aromatic heterocycles. The predicted molar refractivity (Wildman–Crippen MR) is 131 cm³/mol. The highest BCUT2D eigenvalue weighted by molar-refractivity contribution is 7.18. The van der Waals surface area contributed by atoms with E-state index in [-0.39, 0.29) is 13.0 Å². The van der Waals surface area contributed by atoms with Crippen LogP contribution in [0.5, 0.6) is 16.7 Å². The molecular formula is C23H23FN4O5S2. The fourth-order valence-electron chi connectivity index (χ4n) is 3.49. The number of hydrogen-bond acceptors (Lipinski definition) is 10. The molecule has 0 fully saturated rings. The van der Waals surface area contributed by atoms with E-state index in [1.54, 1.807) is 49.6 Å². The second kappa shape index (κ2) is 9.44. The van der Waals surface area contributed by atoms with Gasteiger partial charge in [-0.2, -0.15) is 0 Å². The van der Waals surface area contributed by atoms with Crippen molar-refractivity contribution in [1.29, 1.82) is 0 Å². The van der Waals surface area contributed by atoms with E-state index in [1.807, 2.05) is 6.07 Å². The molecule has 0 saturated carbocycles. The highest BCUT2D eigenvalue weighted by Crippen LogP contribution is 2.38. The molecule has 1 atom stereocenters. The molecule has 4 heterocycles. The van der Waals surface area contributed by atoms with Crippen molar-refractivity contribution >= 4 is 38.6 Å². The number of imidazole rings is 1. The first-order valence-corrected chi connectivity index (χ1v) is 12.4. The van der Waals surface area contributed by atoms with Gasteiger partial charge in [0.15, 0.2) is 11.4 Å². The number of fused-ring (bicyclic) bond motifs is 2. The lowest BCUT2D eigenvalue weighted by molar-refractivity contribution is 0.105. The Kier molecular flexibility index (Phi) is 6.34. The summed E-state index contributed by atoms with van der Waals surface area (Å²) in [6, 6.07) is 5.44. The van der Waals surface area contributed by atoms with Crippen molar-refractivity contribution in [2.45, 2.75) is 25.6 Å². The maximum absolute atomic E-state index is 14.9. The second-order valence-corrected chi connectivity index (χ2v) is 9.72. The fraction of sp³-hybridized carbons (Fsp3) is 0.348. The van der Waals surface area contributed by atoms with E-state index in [4.69, 9.17) is 23.4 Å². The first kappa shape index (κ1) is 23.5. The number of methoxy groups -OCH3 is 3. The van der Waals surface area contributed by atoms with Gasteiger partial charge in [0.25, 0.3) is 5.19 Å². The third-order valence-electron chi connectivity index (χ3n) is 5.41. The minimum atomic E-state index is -1.56. The lowest BCUT2D eigenvalue weighted by Gasteiger charge is -2.16. The zero-order chi connectivity index (χ0) is 24.6. The van der Waals surface area contributed by atoms with Crippen molar-refractivity contribution in [2.75, 3.05) is 27.9 Å². The van der Waals surface area contributed by atoms with Crippen molar-refractivity contribution in [1.82, 2.24) is 19.6 Å². The molecule has 0 aliphatic carbocycles. The lowest BCUT2D eigenvalue weighted by atomic mass is 10.1. The van der Waals surface area contributed by atoms with Gasteiger partial charge in [0, 0.05) is 37.7 Å². The summed E-state index contributed by atoms with van der Waals surface area (Å²) in [5.41, 5.74) is 0.306. The number of thiazole rings is 1. The summed E-state index contributed by atoms with van der Waals surface area (Å²) in [6.45, 7) is 2.00. The number of halogens is 1. The monoisotopic (exact) mass is 518 g/mol. The van der Waals surface area contributed by atoms with Crippen LogP contribution >= 0.6 is 22.7 Å². The smallest absolute Gasteiger partial charge is 0.294 e. The SMILES string of the molecule is COCCC(C)(F)c1nc(COc2cc(OC)cc3oc(-c4cn5nc(OC)sc5n4)cc23)cs1. The van der Waals surface area contributed by atoms with Crippen molar-refractivity contribution in [3.05, 3.63) is 40.5 Å². The molecule has 184 valence electrons. The zero-order valence-corrected chi connectivity index (χ0v) is 21.2. The Morgan fingerprint density at radius 1 is 1.14 bits per heavy atom. The van der Waals surface area contributed by atoms with Gasteiger partial charge >= 0.3 is 0 Å². The summed E-state index contributed by atoms with van der Waals surface area (Å²) >= 11 is 2.61. The van der Waals surface area contributed by atoms with Gasteiger partial charge in [-0.05, 0) is 24.3 Å². The number of aromatic nitrogens is 4. The Balaban J connectivity index is 1.40. The third kappa shape index (κ3) is 4.68. The second-order valence-electron chi connectivity index (χ2n) is 7.95. The zero-order valence-electron chi connectivity index (χ0n) is 19.5. The molecular weight excluding hydrogens is 495 g/mol. The van der Waals surface area contributed by atoms with E-state index in [9.17, 15) is 4.39 Å². The van der Waals surface area contributed by atoms with Crippen LogP contribution < -0.4 is 14.2 Å². The summed E-state index contributed by atoms with van der Waals surface area (Å²) in [4.78, 5) is 9.71. The van der Waals surface area contributed by atoms with Crippen LogP contribution in [0.2, 0.25) is 0 Å². The Bertz CT molecular complexity index is 1440. The third-order valence-corrected chi connectivity index (χ3v) is 7.42. The molecule has 0 amide bonds. The molecule has 0 spiro atoms. The van der Waals surface area contributed by atoms with E-state index in [0.717, 1.165) is 5.39 Å². The number of nitrogens with zero attached hydrogens (tertiary/aromatic N) is 4. The minimum Gasteiger partial charge on any atom is -0.496 e. The molecule has 1 unspecified atom stereocenters. The Labute approximate surface area is 208 Å². The first-order valence-electron chi connectivity index (χ1n) is 10.7. The number of rotatable bonds is 10. The predicted octanol–water partition coefficient (Wildman–Crippen LogP) is 5.48. The van der Waals surface area contributed by atoms with Crippen LogP contribution in [0.4, 0.5) is 4.39 Å². The first-order chi connectivity index (χ1) is 16.9. The van der Waals surface area contributed by atoms with Crippen molar-refractivity contribution in [3.63, 3.8) is 0 Å². The summed E-state index contributed by atoms with van der Waals surface area (Å²) < 4.78 is 44.3. The molecule has 0 bridgehead atoms. The Morgan fingerprint density at radius 2 is 2.00 bits per heavy atom. The van der Waals surface area contributed by atoms with E-state index >= 15 is 0 Å². The number of ether oxygens (including phenoxy) is 4. The molecule has 35 heavy (non-hydrogen) atoms. The van der Waals surface area contributed by atoms with E-state index in [2.05, 4.69) is 15.1 Å². The van der Waals surface area contributed by atoms with Gasteiger partial charge in [0.2, 0.25) is 4.96 Å². The van der Waals surface area contributed by atoms with Gasteiger partial charge in [-0.15, -0.1) is 16.4 Å². The highest BCUT2D eigenvalue weighted by atomic mass is 32.1. The molecule has 0 aliphatic rings. The van der Waals surface area contributed by atoms with Crippen LogP contribution in [0.3, 0.4) is 0 Å². The quantitative estimate of drug-likeness (QED) is 0.240.